The minimum Gasteiger partial charge on any atom is -0.378 e. The molecular weight excluding hydrogens is 456 g/mol. The molecule has 1 aromatic carbocycles. The number of fused-ring (bicyclic) bond motifs is 1. The highest BCUT2D eigenvalue weighted by Crippen LogP contribution is 2.30. The van der Waals surface area contributed by atoms with Crippen molar-refractivity contribution in [2.45, 2.75) is 13.5 Å². The minimum absolute atomic E-state index is 0.0734. The largest absolute Gasteiger partial charge is 0.378 e. The fraction of sp³-hybridized carbons (Fsp3) is 0.385. The van der Waals surface area contributed by atoms with E-state index in [2.05, 4.69) is 41.0 Å². The van der Waals surface area contributed by atoms with Crippen molar-refractivity contribution in [1.29, 1.82) is 0 Å². The molecule has 0 radical (unpaired) electrons. The van der Waals surface area contributed by atoms with Gasteiger partial charge in [-0.15, -0.1) is 0 Å². The van der Waals surface area contributed by atoms with E-state index in [1.165, 1.54) is 5.56 Å². The summed E-state index contributed by atoms with van der Waals surface area (Å²) < 4.78 is 9.48. The zero-order valence-corrected chi connectivity index (χ0v) is 20.6. The van der Waals surface area contributed by atoms with Gasteiger partial charge in [0.05, 0.1) is 37.1 Å². The second kappa shape index (κ2) is 9.03. The third-order valence-corrected chi connectivity index (χ3v) is 7.10. The van der Waals surface area contributed by atoms with Gasteiger partial charge in [-0.2, -0.15) is 5.10 Å². The lowest BCUT2D eigenvalue weighted by atomic mass is 10.00. The summed E-state index contributed by atoms with van der Waals surface area (Å²) in [6.07, 6.45) is 1.95. The van der Waals surface area contributed by atoms with Crippen molar-refractivity contribution in [3.8, 4) is 17.1 Å². The Balaban J connectivity index is 1.39. The van der Waals surface area contributed by atoms with Crippen molar-refractivity contribution in [2.75, 3.05) is 44.3 Å². The predicted octanol–water partition coefficient (Wildman–Crippen LogP) is 1.88. The Morgan fingerprint density at radius 2 is 1.94 bits per heavy atom. The fourth-order valence-corrected chi connectivity index (χ4v) is 4.96. The van der Waals surface area contributed by atoms with Crippen molar-refractivity contribution in [3.05, 3.63) is 54.0 Å². The van der Waals surface area contributed by atoms with Crippen LogP contribution in [-0.4, -0.2) is 74.5 Å². The van der Waals surface area contributed by atoms with Crippen LogP contribution < -0.4 is 10.6 Å². The molecule has 0 spiro atoms. The number of nitrogens with two attached hydrogens (primary N) is 1. The Morgan fingerprint density at radius 3 is 2.69 bits per heavy atom. The zero-order chi connectivity index (χ0) is 24.8. The third kappa shape index (κ3) is 4.12. The topological polar surface area (TPSA) is 107 Å². The average molecular weight is 487 g/mol. The molecule has 10 nitrogen and oxygen atoms in total. The number of hydrogen-bond acceptors (Lipinski definition) is 7. The Kier molecular flexibility index (Phi) is 5.69. The van der Waals surface area contributed by atoms with E-state index < -0.39 is 0 Å². The smallest absolute Gasteiger partial charge is 0.223 e. The number of imidazole rings is 1. The van der Waals surface area contributed by atoms with Crippen molar-refractivity contribution in [2.24, 2.45) is 18.7 Å². The highest BCUT2D eigenvalue weighted by molar-refractivity contribution is 5.88. The lowest BCUT2D eigenvalue weighted by molar-refractivity contribution is -0.127. The van der Waals surface area contributed by atoms with Crippen LogP contribution in [-0.2, 0) is 23.1 Å². The summed E-state index contributed by atoms with van der Waals surface area (Å²) in [5.74, 6) is 1.35. The average Bonchev–Trinajstić information content (AvgIpc) is 3.46. The normalized spacial score (nSPS) is 17.0. The van der Waals surface area contributed by atoms with Crippen LogP contribution in [0.1, 0.15) is 11.4 Å². The van der Waals surface area contributed by atoms with Crippen LogP contribution in [0.3, 0.4) is 0 Å². The summed E-state index contributed by atoms with van der Waals surface area (Å²) in [6.45, 7) is 7.02. The lowest BCUT2D eigenvalue weighted by Gasteiger charge is -2.36. The molecule has 2 saturated heterocycles. The number of carbonyl (C=O) groups is 1. The highest BCUT2D eigenvalue weighted by atomic mass is 16.5. The first-order valence-electron chi connectivity index (χ1n) is 12.3. The molecule has 2 N–H and O–H groups in total. The number of ether oxygens (including phenoxy) is 1. The molecule has 2 aliphatic rings. The summed E-state index contributed by atoms with van der Waals surface area (Å²) in [5, 5.41) is 4.85. The maximum absolute atomic E-state index is 11.4. The van der Waals surface area contributed by atoms with Crippen LogP contribution in [0.25, 0.3) is 28.2 Å². The van der Waals surface area contributed by atoms with Gasteiger partial charge < -0.3 is 19.9 Å². The number of amides is 1. The van der Waals surface area contributed by atoms with E-state index >= 15 is 0 Å². The van der Waals surface area contributed by atoms with Crippen LogP contribution in [0.4, 0.5) is 5.69 Å². The highest BCUT2D eigenvalue weighted by Gasteiger charge is 2.32. The maximum atomic E-state index is 11.4. The first-order chi connectivity index (χ1) is 17.5. The van der Waals surface area contributed by atoms with E-state index in [9.17, 15) is 4.79 Å². The first kappa shape index (κ1) is 22.7. The SMILES string of the molecule is Cc1cccc(-c2ccn(-c3cc(N4CCOCC4)c4nc(CN5CC(C(N)=O)C5)n(C)c4n3)n2)c1. The Hall–Kier alpha value is -3.76. The van der Waals surface area contributed by atoms with E-state index in [-0.39, 0.29) is 11.8 Å². The molecule has 3 aromatic heterocycles. The van der Waals surface area contributed by atoms with E-state index in [1.807, 2.05) is 34.6 Å². The van der Waals surface area contributed by atoms with Crippen molar-refractivity contribution >= 4 is 22.8 Å². The number of hydrogen-bond donors (Lipinski definition) is 1. The fourth-order valence-electron chi connectivity index (χ4n) is 4.96. The molecule has 36 heavy (non-hydrogen) atoms. The summed E-state index contributed by atoms with van der Waals surface area (Å²) in [7, 11) is 2.00. The molecule has 10 heteroatoms. The number of carbonyl (C=O) groups excluding carboxylic acids is 1. The van der Waals surface area contributed by atoms with E-state index in [1.54, 1.807) is 0 Å². The molecule has 6 rings (SSSR count). The molecule has 0 unspecified atom stereocenters. The monoisotopic (exact) mass is 486 g/mol. The van der Waals surface area contributed by atoms with Gasteiger partial charge >= 0.3 is 0 Å². The number of rotatable bonds is 6. The first-order valence-corrected chi connectivity index (χ1v) is 12.3. The van der Waals surface area contributed by atoms with E-state index in [0.29, 0.717) is 32.8 Å². The molecule has 0 bridgehead atoms. The molecule has 2 aliphatic heterocycles. The number of aromatic nitrogens is 5. The summed E-state index contributed by atoms with van der Waals surface area (Å²) >= 11 is 0. The van der Waals surface area contributed by atoms with Gasteiger partial charge in [-0.25, -0.2) is 14.6 Å². The molecule has 4 aromatic rings. The van der Waals surface area contributed by atoms with Crippen molar-refractivity contribution in [3.63, 3.8) is 0 Å². The molecule has 0 saturated carbocycles. The maximum Gasteiger partial charge on any atom is 0.223 e. The molecule has 0 aliphatic carbocycles. The molecule has 2 fully saturated rings. The quantitative estimate of drug-likeness (QED) is 0.443. The molecule has 186 valence electrons. The molecular formula is C26H30N8O2. The Labute approximate surface area is 209 Å². The third-order valence-electron chi connectivity index (χ3n) is 7.10. The van der Waals surface area contributed by atoms with Crippen LogP contribution in [0, 0.1) is 12.8 Å². The van der Waals surface area contributed by atoms with Gasteiger partial charge in [0, 0.05) is 51.1 Å². The molecule has 1 amide bonds. The number of anilines is 1. The van der Waals surface area contributed by atoms with Crippen molar-refractivity contribution < 1.29 is 9.53 Å². The van der Waals surface area contributed by atoms with Crippen LogP contribution in [0.2, 0.25) is 0 Å². The van der Waals surface area contributed by atoms with E-state index in [0.717, 1.165) is 52.8 Å². The zero-order valence-electron chi connectivity index (χ0n) is 20.6. The van der Waals surface area contributed by atoms with Crippen molar-refractivity contribution in [1.82, 2.24) is 29.2 Å². The van der Waals surface area contributed by atoms with Crippen LogP contribution in [0.15, 0.2) is 42.6 Å². The Morgan fingerprint density at radius 1 is 1.14 bits per heavy atom. The van der Waals surface area contributed by atoms with Gasteiger partial charge in [0.2, 0.25) is 5.91 Å². The number of primary amides is 1. The van der Waals surface area contributed by atoms with Gasteiger partial charge in [-0.1, -0.05) is 23.8 Å². The van der Waals surface area contributed by atoms with Gasteiger partial charge in [-0.05, 0) is 19.1 Å². The second-order valence-corrected chi connectivity index (χ2v) is 9.67. The van der Waals surface area contributed by atoms with Gasteiger partial charge in [-0.3, -0.25) is 9.69 Å². The molecule has 5 heterocycles. The van der Waals surface area contributed by atoms with E-state index in [4.69, 9.17) is 25.5 Å². The number of benzene rings is 1. The summed E-state index contributed by atoms with van der Waals surface area (Å²) in [6, 6.07) is 12.4. The lowest BCUT2D eigenvalue weighted by Crippen LogP contribution is -2.52. The number of nitrogens with zero attached hydrogens (tertiary/aromatic N) is 7. The van der Waals surface area contributed by atoms with Crippen LogP contribution in [0.5, 0.6) is 0 Å². The number of aryl methyl sites for hydroxylation is 2. The number of pyridine rings is 1. The van der Waals surface area contributed by atoms with Crippen LogP contribution >= 0.6 is 0 Å². The predicted molar refractivity (Wildman–Crippen MR) is 137 cm³/mol. The number of likely N-dealkylation sites (tertiary alicyclic amines) is 1. The van der Waals surface area contributed by atoms with Gasteiger partial charge in [0.1, 0.15) is 11.3 Å². The number of morpholine rings is 1. The minimum atomic E-state index is -0.235. The summed E-state index contributed by atoms with van der Waals surface area (Å²) in [5.41, 5.74) is 11.3. The van der Waals surface area contributed by atoms with Gasteiger partial charge in [0.15, 0.2) is 11.5 Å². The van der Waals surface area contributed by atoms with Gasteiger partial charge in [0.25, 0.3) is 0 Å². The second-order valence-electron chi connectivity index (χ2n) is 9.67. The standard InChI is InChI=1S/C26H30N8O2/c1-17-4-3-5-18(12-17)20-6-7-34(30-20)22-13-21(33-8-10-36-11-9-33)24-26(29-22)31(2)23(28-24)16-32-14-19(15-32)25(27)35/h3-7,12-13,19H,8-11,14-16H2,1-2H3,(H2,27,35). The summed E-state index contributed by atoms with van der Waals surface area (Å²) in [4.78, 5) is 25.9. The Bertz CT molecular complexity index is 1430. The molecule has 0 atom stereocenters.